The molecule has 206 valence electrons. The van der Waals surface area contributed by atoms with Gasteiger partial charge in [-0.3, -0.25) is 4.79 Å². The maximum Gasteiger partial charge on any atom is 0.255 e. The van der Waals surface area contributed by atoms with Gasteiger partial charge in [0, 0.05) is 36.0 Å². The van der Waals surface area contributed by atoms with Gasteiger partial charge >= 0.3 is 0 Å². The van der Waals surface area contributed by atoms with Crippen molar-refractivity contribution < 1.29 is 14.3 Å². The van der Waals surface area contributed by atoms with Crippen molar-refractivity contribution in [3.05, 3.63) is 85.0 Å². The van der Waals surface area contributed by atoms with Crippen molar-refractivity contribution in [2.75, 3.05) is 30.9 Å². The van der Waals surface area contributed by atoms with E-state index in [9.17, 15) is 4.79 Å². The van der Waals surface area contributed by atoms with Gasteiger partial charge in [0.2, 0.25) is 6.79 Å². The van der Waals surface area contributed by atoms with E-state index in [-0.39, 0.29) is 18.7 Å². The van der Waals surface area contributed by atoms with Crippen molar-refractivity contribution in [1.82, 2.24) is 19.4 Å². The molecule has 1 atom stereocenters. The molecule has 0 radical (unpaired) electrons. The van der Waals surface area contributed by atoms with Crippen LogP contribution in [-0.4, -0.2) is 45.2 Å². The quantitative estimate of drug-likeness (QED) is 0.279. The molecule has 2 aliphatic heterocycles. The molecule has 0 unspecified atom stereocenters. The number of nitrogen functional groups attached to an aromatic ring is 1. The molecule has 2 aromatic heterocycles. The van der Waals surface area contributed by atoms with Gasteiger partial charge in [0.25, 0.3) is 5.91 Å². The van der Waals surface area contributed by atoms with Crippen LogP contribution in [-0.2, 0) is 0 Å². The molecular formula is C32H30N6O3. The number of hydrogen-bond acceptors (Lipinski definition) is 7. The fourth-order valence-electron chi connectivity index (χ4n) is 5.98. The zero-order valence-corrected chi connectivity index (χ0v) is 22.7. The first-order valence-corrected chi connectivity index (χ1v) is 13.8. The van der Waals surface area contributed by atoms with Crippen molar-refractivity contribution in [3.8, 4) is 22.6 Å². The molecule has 3 aromatic carbocycles. The normalized spacial score (nSPS) is 16.6. The molecule has 5 aromatic rings. The molecule has 0 saturated carbocycles. The molecule has 41 heavy (non-hydrogen) atoms. The molecule has 7 rings (SSSR count). The topological polar surface area (TPSA) is 108 Å². The van der Waals surface area contributed by atoms with E-state index >= 15 is 0 Å². The lowest BCUT2D eigenvalue weighted by atomic mass is 10.0. The number of nitrogens with two attached hydrogens (primary N) is 1. The van der Waals surface area contributed by atoms with E-state index in [0.717, 1.165) is 58.9 Å². The molecule has 0 spiro atoms. The van der Waals surface area contributed by atoms with Gasteiger partial charge in [0.15, 0.2) is 11.5 Å². The molecule has 0 aliphatic carbocycles. The summed E-state index contributed by atoms with van der Waals surface area (Å²) in [5.74, 6) is 1.23. The number of anilines is 2. The van der Waals surface area contributed by atoms with Crippen LogP contribution >= 0.6 is 0 Å². The number of likely N-dealkylation sites (tertiary alicyclic amines) is 1. The van der Waals surface area contributed by atoms with E-state index in [1.165, 1.54) is 6.33 Å². The van der Waals surface area contributed by atoms with E-state index in [4.69, 9.17) is 15.2 Å². The second-order valence-electron chi connectivity index (χ2n) is 10.4. The summed E-state index contributed by atoms with van der Waals surface area (Å²) in [5, 5.41) is 5.88. The number of amides is 1. The zero-order valence-electron chi connectivity index (χ0n) is 22.7. The average molecular weight is 547 g/mol. The number of fused-ring (bicyclic) bond motifs is 3. The molecule has 1 saturated heterocycles. The fourth-order valence-corrected chi connectivity index (χ4v) is 5.98. The van der Waals surface area contributed by atoms with Crippen molar-refractivity contribution in [2.45, 2.75) is 25.8 Å². The van der Waals surface area contributed by atoms with Crippen LogP contribution in [0.25, 0.3) is 32.9 Å². The molecule has 1 amide bonds. The Balaban J connectivity index is 1.26. The standard InChI is InChI=1S/C32H30N6O3/c1-2-13-37-14-5-8-23(16-37)38-17-25(27-30(33)34-18-35-31(27)38)24-11-12-26(29-28(24)40-19-41-29)36-32(39)22-10-9-20-6-3-4-7-21(20)15-22/h2-4,6-7,9-13,15,17-18,23H,5,8,14,16,19H2,1H3,(H,36,39)(H2,33,34,35)/t23-/m1/s1. The summed E-state index contributed by atoms with van der Waals surface area (Å²) < 4.78 is 14.1. The van der Waals surface area contributed by atoms with Crippen molar-refractivity contribution in [3.63, 3.8) is 0 Å². The first-order chi connectivity index (χ1) is 20.1. The average Bonchev–Trinajstić information content (AvgIpc) is 3.64. The summed E-state index contributed by atoms with van der Waals surface area (Å²) in [6.07, 6.45) is 9.96. The molecule has 0 bridgehead atoms. The van der Waals surface area contributed by atoms with Gasteiger partial charge in [-0.15, -0.1) is 0 Å². The Bertz CT molecular complexity index is 1830. The minimum Gasteiger partial charge on any atom is -0.453 e. The molecule has 9 nitrogen and oxygen atoms in total. The number of nitrogens with one attached hydrogen (secondary N) is 1. The van der Waals surface area contributed by atoms with Crippen molar-refractivity contribution in [2.24, 2.45) is 0 Å². The van der Waals surface area contributed by atoms with Crippen LogP contribution in [0.5, 0.6) is 11.5 Å². The van der Waals surface area contributed by atoms with Gasteiger partial charge in [-0.05, 0) is 61.0 Å². The predicted octanol–water partition coefficient (Wildman–Crippen LogP) is 5.99. The number of hydrogen-bond donors (Lipinski definition) is 2. The highest BCUT2D eigenvalue weighted by Gasteiger charge is 2.29. The number of rotatable bonds is 5. The van der Waals surface area contributed by atoms with Crippen LogP contribution in [0.2, 0.25) is 0 Å². The highest BCUT2D eigenvalue weighted by Crippen LogP contribution is 2.49. The minimum absolute atomic E-state index is 0.0523. The second kappa shape index (κ2) is 10.2. The SMILES string of the molecule is CC=CN1CCC[C@@H](n2cc(-c3ccc(NC(=O)c4ccc5ccccc5c4)c4c3OCO4)c3c(N)ncnc32)C1. The maximum atomic E-state index is 13.2. The van der Waals surface area contributed by atoms with Crippen LogP contribution in [0.15, 0.2) is 79.4 Å². The largest absolute Gasteiger partial charge is 0.453 e. The number of piperidine rings is 1. The monoisotopic (exact) mass is 546 g/mol. The van der Waals surface area contributed by atoms with Crippen molar-refractivity contribution >= 4 is 39.2 Å². The number of aromatic nitrogens is 3. The third kappa shape index (κ3) is 4.39. The number of benzene rings is 3. The molecule has 3 N–H and O–H groups in total. The molecule has 9 heteroatoms. The summed E-state index contributed by atoms with van der Waals surface area (Å²) in [6, 6.07) is 17.6. The Morgan fingerprint density at radius 1 is 1.05 bits per heavy atom. The summed E-state index contributed by atoms with van der Waals surface area (Å²) in [7, 11) is 0. The number of nitrogens with zero attached hydrogens (tertiary/aromatic N) is 4. The number of ether oxygens (including phenoxy) is 2. The smallest absolute Gasteiger partial charge is 0.255 e. The van der Waals surface area contributed by atoms with E-state index in [2.05, 4.69) is 43.2 Å². The van der Waals surface area contributed by atoms with Gasteiger partial charge < -0.3 is 30.0 Å². The third-order valence-electron chi connectivity index (χ3n) is 7.89. The van der Waals surface area contributed by atoms with Crippen molar-refractivity contribution in [1.29, 1.82) is 0 Å². The first kappa shape index (κ1) is 25.0. The van der Waals surface area contributed by atoms with Crippen LogP contribution in [0.3, 0.4) is 0 Å². The van der Waals surface area contributed by atoms with E-state index in [1.54, 1.807) is 0 Å². The van der Waals surface area contributed by atoms with Gasteiger partial charge in [-0.25, -0.2) is 9.97 Å². The van der Waals surface area contributed by atoms with E-state index < -0.39 is 0 Å². The summed E-state index contributed by atoms with van der Waals surface area (Å²) in [4.78, 5) is 24.5. The Kier molecular flexibility index (Phi) is 6.19. The fraction of sp³-hybridized carbons (Fsp3) is 0.219. The van der Waals surface area contributed by atoms with Crippen LogP contribution in [0.1, 0.15) is 36.2 Å². The Hall–Kier alpha value is -5.05. The van der Waals surface area contributed by atoms with Crippen LogP contribution < -0.4 is 20.5 Å². The Labute approximate surface area is 237 Å². The van der Waals surface area contributed by atoms with Gasteiger partial charge in [0.05, 0.1) is 17.1 Å². The third-order valence-corrected chi connectivity index (χ3v) is 7.89. The molecular weight excluding hydrogens is 516 g/mol. The van der Waals surface area contributed by atoms with Crippen LogP contribution in [0, 0.1) is 0 Å². The van der Waals surface area contributed by atoms with Gasteiger partial charge in [-0.2, -0.15) is 0 Å². The number of carbonyl (C=O) groups excluding carboxylic acids is 1. The summed E-state index contributed by atoms with van der Waals surface area (Å²) in [5.41, 5.74) is 10.0. The van der Waals surface area contributed by atoms with E-state index in [0.29, 0.717) is 28.6 Å². The predicted molar refractivity (Wildman–Crippen MR) is 160 cm³/mol. The lowest BCUT2D eigenvalue weighted by molar-refractivity contribution is 0.102. The molecule has 4 heterocycles. The maximum absolute atomic E-state index is 13.2. The number of carbonyl (C=O) groups is 1. The summed E-state index contributed by atoms with van der Waals surface area (Å²) >= 11 is 0. The lowest BCUT2D eigenvalue weighted by Gasteiger charge is -2.33. The second-order valence-corrected chi connectivity index (χ2v) is 10.4. The van der Waals surface area contributed by atoms with Gasteiger partial charge in [0.1, 0.15) is 17.8 Å². The van der Waals surface area contributed by atoms with Crippen LogP contribution in [0.4, 0.5) is 11.5 Å². The van der Waals surface area contributed by atoms with Gasteiger partial charge in [-0.1, -0.05) is 36.4 Å². The highest BCUT2D eigenvalue weighted by molar-refractivity contribution is 6.08. The lowest BCUT2D eigenvalue weighted by Crippen LogP contribution is -2.32. The Morgan fingerprint density at radius 2 is 1.90 bits per heavy atom. The molecule has 1 fully saturated rings. The first-order valence-electron chi connectivity index (χ1n) is 13.8. The molecule has 2 aliphatic rings. The summed E-state index contributed by atoms with van der Waals surface area (Å²) in [6.45, 7) is 4.01. The Morgan fingerprint density at radius 3 is 2.78 bits per heavy atom. The zero-order chi connectivity index (χ0) is 27.9. The minimum atomic E-state index is -0.224. The number of allylic oxidation sites excluding steroid dienone is 1. The highest BCUT2D eigenvalue weighted by atomic mass is 16.7. The van der Waals surface area contributed by atoms with E-state index in [1.807, 2.05) is 61.5 Å².